The molecule has 0 saturated heterocycles. The standard InChI is InChI=1S/C25H28N2O5S/c1-3-31-24-12-8-7-11-23(24)27(33(2,29)30)19-20-13-15-21(16-14-20)25(28)26-17-18-32-22-9-5-4-6-10-22/h4-16H,3,17-19H2,1-2H3,(H,26,28). The number of carbonyl (C=O) groups excluding carboxylic acids is 1. The number of ether oxygens (including phenoxy) is 2. The molecule has 0 saturated carbocycles. The van der Waals surface area contributed by atoms with Gasteiger partial charge in [-0.1, -0.05) is 42.5 Å². The molecule has 0 bridgehead atoms. The molecule has 3 rings (SSSR count). The summed E-state index contributed by atoms with van der Waals surface area (Å²) < 4.78 is 37.5. The Morgan fingerprint density at radius 2 is 1.58 bits per heavy atom. The zero-order valence-corrected chi connectivity index (χ0v) is 19.5. The molecule has 3 aromatic rings. The van der Waals surface area contributed by atoms with Crippen molar-refractivity contribution in [2.24, 2.45) is 0 Å². The highest BCUT2D eigenvalue weighted by Gasteiger charge is 2.21. The Bertz CT molecular complexity index is 1150. The molecule has 0 spiro atoms. The summed E-state index contributed by atoms with van der Waals surface area (Å²) in [5.74, 6) is 1.02. The van der Waals surface area contributed by atoms with Crippen LogP contribution in [0.4, 0.5) is 5.69 Å². The average molecular weight is 469 g/mol. The van der Waals surface area contributed by atoms with Crippen LogP contribution in [0.15, 0.2) is 78.9 Å². The van der Waals surface area contributed by atoms with Crippen LogP contribution in [0.1, 0.15) is 22.8 Å². The Labute approximate surface area is 195 Å². The molecule has 0 aliphatic carbocycles. The number of nitrogens with one attached hydrogen (secondary N) is 1. The van der Waals surface area contributed by atoms with Crippen molar-refractivity contribution in [3.8, 4) is 11.5 Å². The van der Waals surface area contributed by atoms with Crippen LogP contribution < -0.4 is 19.1 Å². The number of benzene rings is 3. The Morgan fingerprint density at radius 1 is 0.909 bits per heavy atom. The first-order valence-corrected chi connectivity index (χ1v) is 12.5. The largest absolute Gasteiger partial charge is 0.492 e. The molecule has 0 aromatic heterocycles. The van der Waals surface area contributed by atoms with Gasteiger partial charge in [0.15, 0.2) is 0 Å². The lowest BCUT2D eigenvalue weighted by Crippen LogP contribution is -2.30. The third-order valence-corrected chi connectivity index (χ3v) is 5.90. The lowest BCUT2D eigenvalue weighted by molar-refractivity contribution is 0.0947. The molecular formula is C25H28N2O5S. The molecule has 0 radical (unpaired) electrons. The van der Waals surface area contributed by atoms with E-state index in [1.165, 1.54) is 4.31 Å². The second-order valence-electron chi connectivity index (χ2n) is 7.28. The van der Waals surface area contributed by atoms with Crippen LogP contribution >= 0.6 is 0 Å². The van der Waals surface area contributed by atoms with Crippen molar-refractivity contribution in [1.29, 1.82) is 0 Å². The first-order chi connectivity index (χ1) is 15.9. The predicted molar refractivity (Wildman–Crippen MR) is 129 cm³/mol. The molecule has 0 atom stereocenters. The number of amides is 1. The summed E-state index contributed by atoms with van der Waals surface area (Å²) in [6.07, 6.45) is 1.16. The molecule has 0 heterocycles. The summed E-state index contributed by atoms with van der Waals surface area (Å²) in [7, 11) is -3.56. The maximum atomic E-state index is 12.5. The van der Waals surface area contributed by atoms with E-state index in [1.807, 2.05) is 37.3 Å². The summed E-state index contributed by atoms with van der Waals surface area (Å²) in [6, 6.07) is 23.3. The van der Waals surface area contributed by atoms with Gasteiger partial charge in [0.1, 0.15) is 18.1 Å². The van der Waals surface area contributed by atoms with Crippen molar-refractivity contribution in [3.63, 3.8) is 0 Å². The van der Waals surface area contributed by atoms with Gasteiger partial charge in [0.25, 0.3) is 5.91 Å². The average Bonchev–Trinajstić information content (AvgIpc) is 2.81. The molecule has 0 fully saturated rings. The van der Waals surface area contributed by atoms with Crippen molar-refractivity contribution in [2.75, 3.05) is 30.3 Å². The number of rotatable bonds is 11. The fraction of sp³-hybridized carbons (Fsp3) is 0.240. The number of hydrogen-bond acceptors (Lipinski definition) is 5. The summed E-state index contributed by atoms with van der Waals surface area (Å²) >= 11 is 0. The zero-order valence-electron chi connectivity index (χ0n) is 18.7. The normalized spacial score (nSPS) is 11.0. The number of sulfonamides is 1. The van der Waals surface area contributed by atoms with Crippen LogP contribution in [-0.2, 0) is 16.6 Å². The van der Waals surface area contributed by atoms with Gasteiger partial charge in [-0.05, 0) is 48.9 Å². The highest BCUT2D eigenvalue weighted by molar-refractivity contribution is 7.92. The third-order valence-electron chi connectivity index (χ3n) is 4.78. The fourth-order valence-corrected chi connectivity index (χ4v) is 4.09. The first-order valence-electron chi connectivity index (χ1n) is 10.6. The summed E-state index contributed by atoms with van der Waals surface area (Å²) in [4.78, 5) is 12.4. The van der Waals surface area contributed by atoms with E-state index < -0.39 is 10.0 Å². The number of para-hydroxylation sites is 3. The van der Waals surface area contributed by atoms with Crippen LogP contribution in [0.5, 0.6) is 11.5 Å². The van der Waals surface area contributed by atoms with Crippen LogP contribution in [0, 0.1) is 0 Å². The highest BCUT2D eigenvalue weighted by atomic mass is 32.2. The van der Waals surface area contributed by atoms with Crippen molar-refractivity contribution in [1.82, 2.24) is 5.32 Å². The lowest BCUT2D eigenvalue weighted by Gasteiger charge is -2.24. The minimum atomic E-state index is -3.56. The van der Waals surface area contributed by atoms with Gasteiger partial charge in [-0.2, -0.15) is 0 Å². The van der Waals surface area contributed by atoms with Gasteiger partial charge in [-0.15, -0.1) is 0 Å². The van der Waals surface area contributed by atoms with E-state index in [9.17, 15) is 13.2 Å². The molecule has 33 heavy (non-hydrogen) atoms. The number of anilines is 1. The molecule has 8 heteroatoms. The monoisotopic (exact) mass is 468 g/mol. The first kappa shape index (κ1) is 24.1. The van der Waals surface area contributed by atoms with E-state index in [2.05, 4.69) is 5.32 Å². The molecule has 0 aliphatic rings. The second kappa shape index (κ2) is 11.4. The van der Waals surface area contributed by atoms with Gasteiger partial charge in [0.05, 0.1) is 31.6 Å². The molecule has 0 unspecified atom stereocenters. The molecule has 1 N–H and O–H groups in total. The summed E-state index contributed by atoms with van der Waals surface area (Å²) in [5, 5.41) is 2.81. The van der Waals surface area contributed by atoms with Crippen molar-refractivity contribution in [2.45, 2.75) is 13.5 Å². The minimum absolute atomic E-state index is 0.121. The number of hydrogen-bond donors (Lipinski definition) is 1. The van der Waals surface area contributed by atoms with Crippen molar-refractivity contribution in [3.05, 3.63) is 90.0 Å². The molecule has 3 aromatic carbocycles. The van der Waals surface area contributed by atoms with Gasteiger partial charge >= 0.3 is 0 Å². The molecule has 174 valence electrons. The molecule has 0 aliphatic heterocycles. The lowest BCUT2D eigenvalue weighted by atomic mass is 10.1. The zero-order chi connectivity index (χ0) is 23.7. The highest BCUT2D eigenvalue weighted by Crippen LogP contribution is 2.31. The van der Waals surface area contributed by atoms with Gasteiger partial charge in [0, 0.05) is 5.56 Å². The van der Waals surface area contributed by atoms with Gasteiger partial charge in [-0.3, -0.25) is 9.10 Å². The van der Waals surface area contributed by atoms with Crippen LogP contribution in [-0.4, -0.2) is 40.3 Å². The fourth-order valence-electron chi connectivity index (χ4n) is 3.20. The van der Waals surface area contributed by atoms with Crippen molar-refractivity contribution < 1.29 is 22.7 Å². The van der Waals surface area contributed by atoms with Gasteiger partial charge in [-0.25, -0.2) is 8.42 Å². The van der Waals surface area contributed by atoms with Crippen LogP contribution in [0.3, 0.4) is 0 Å². The van der Waals surface area contributed by atoms with E-state index in [-0.39, 0.29) is 12.5 Å². The van der Waals surface area contributed by atoms with E-state index >= 15 is 0 Å². The maximum Gasteiger partial charge on any atom is 0.251 e. The van der Waals surface area contributed by atoms with E-state index in [1.54, 1.807) is 48.5 Å². The van der Waals surface area contributed by atoms with E-state index in [0.29, 0.717) is 36.8 Å². The number of nitrogens with zero attached hydrogens (tertiary/aromatic N) is 1. The van der Waals surface area contributed by atoms with Gasteiger partial charge in [0.2, 0.25) is 10.0 Å². The smallest absolute Gasteiger partial charge is 0.251 e. The Morgan fingerprint density at radius 3 is 2.24 bits per heavy atom. The maximum absolute atomic E-state index is 12.5. The van der Waals surface area contributed by atoms with E-state index in [4.69, 9.17) is 9.47 Å². The van der Waals surface area contributed by atoms with Crippen LogP contribution in [0.2, 0.25) is 0 Å². The Kier molecular flexibility index (Phi) is 8.32. The third kappa shape index (κ3) is 6.98. The topological polar surface area (TPSA) is 84.9 Å². The second-order valence-corrected chi connectivity index (χ2v) is 9.19. The van der Waals surface area contributed by atoms with E-state index in [0.717, 1.165) is 17.6 Å². The van der Waals surface area contributed by atoms with Gasteiger partial charge < -0.3 is 14.8 Å². The Balaban J connectivity index is 1.62. The molecule has 1 amide bonds. The quantitative estimate of drug-likeness (QED) is 0.432. The Hall–Kier alpha value is -3.52. The predicted octanol–water partition coefficient (Wildman–Crippen LogP) is 3.86. The SMILES string of the molecule is CCOc1ccccc1N(Cc1ccc(C(=O)NCCOc2ccccc2)cc1)S(C)(=O)=O. The summed E-state index contributed by atoms with van der Waals surface area (Å²) in [6.45, 7) is 3.12. The number of carbonyl (C=O) groups is 1. The van der Waals surface area contributed by atoms with Crippen molar-refractivity contribution >= 4 is 21.6 Å². The minimum Gasteiger partial charge on any atom is -0.492 e. The summed E-state index contributed by atoms with van der Waals surface area (Å²) in [5.41, 5.74) is 1.71. The molecular weight excluding hydrogens is 440 g/mol. The molecule has 7 nitrogen and oxygen atoms in total. The van der Waals surface area contributed by atoms with Crippen LogP contribution in [0.25, 0.3) is 0 Å².